The number of aromatic nitrogens is 4. The first-order valence-corrected chi connectivity index (χ1v) is 46.8. The molecule has 4 aromatic carbocycles. The molecule has 1 unspecified atom stereocenters. The average Bonchev–Trinajstić information content (AvgIpc) is 0.794. The van der Waals surface area contributed by atoms with Gasteiger partial charge in [0.15, 0.2) is 23.0 Å². The van der Waals surface area contributed by atoms with Crippen molar-refractivity contribution in [3.8, 4) is 12.0 Å². The standard InChI is InChI=1S/C33H38ClN7O3.C30H35ClN6O.C6H12O4.2C5H8O3.C4H10O3.2C4H6O3.Na.H2O5P2.H2O.4H2S/c1-22(43-4)32(42)41-17-16-40(19-25(41)18-35-2)31-26-13-15-39(29-12-6-9-23-8-5-11-27(34)30(23)29)20-28(26)36-33(37-31)44-21-24-10-7-14-38(24)3;1-32-17-21-7-5-15-37(18-21)29-24-13-16-36(27-12-4-9-22-8-3-11-25(31)28(22)27)19-26(24)33-30(34-29)38-20-23-10-6-14-35(23)2;1-6(9-3,10-4)5(7)8-2;1-4(7-2)5(6)8-3;1-3-8-5(7)4(2)6;1-5-4(6-2)7-3;2*1-3(7-2)4(5)6;;1-6(2)7(3,4)5;;;;;/h5-6,8-9,11-12,24-25H,1,7,10,13-21H2,3-4H3;3-4,8-9,11-12,21,23H,5-7,10,13-20H2,2H3;1-4H3;1H2,2-3H3;3H2,1-2H3;4H,1-3H3;2*1H2,2H3,(H,5,6);;(H2,3,4,5);5*1H2/q;;;;;;;;+1;;;;;;/p-1/t24-,25-;21-,23-;;;;;;;;;;;;;/m00............./s1. The number of Topliss-reactive ketones (excluding diaryl/α,β-unsaturated/α-hetero) is 1. The molecular formula is C91H134Cl2N13NaO29P2S4. The minimum absolute atomic E-state index is 0. The van der Waals surface area contributed by atoms with Gasteiger partial charge in [0.05, 0.1) is 83.8 Å². The Morgan fingerprint density at radius 2 is 0.958 bits per heavy atom. The van der Waals surface area contributed by atoms with Crippen molar-refractivity contribution in [1.82, 2.24) is 34.6 Å². The molecular weight excluding hydrogens is 2020 g/mol. The second kappa shape index (κ2) is 70.6. The summed E-state index contributed by atoms with van der Waals surface area (Å²) in [6, 6.07) is 26.0. The predicted molar refractivity (Wildman–Crippen MR) is 551 cm³/mol. The average molecular weight is 2160 g/mol. The first-order valence-electron chi connectivity index (χ1n) is 42.5. The van der Waals surface area contributed by atoms with Crippen molar-refractivity contribution in [3.63, 3.8) is 0 Å². The molecule has 6 aromatic rings. The number of hydrogen-bond donors (Lipinski definition) is 4. The van der Waals surface area contributed by atoms with E-state index in [-0.39, 0.29) is 137 Å². The summed E-state index contributed by atoms with van der Waals surface area (Å²) in [5, 5.41) is 21.8. The largest absolute Gasteiger partial charge is 1.00 e. The number of fused-ring (bicyclic) bond motifs is 4. The van der Waals surface area contributed by atoms with E-state index < -0.39 is 62.9 Å². The maximum absolute atomic E-state index is 13.0. The molecule has 5 atom stereocenters. The van der Waals surface area contributed by atoms with Crippen LogP contribution in [0.3, 0.4) is 0 Å². The fourth-order valence-electron chi connectivity index (χ4n) is 14.3. The third-order valence-corrected chi connectivity index (χ3v) is 24.2. The number of amides is 1. The number of carboxylic acids is 2. The molecule has 0 radical (unpaired) electrons. The SMILES string of the molecule is C=C(OC)C(=O)O.C=C(OC)C(=O)O.C=C(OC)C(=O)OC.CCOC(=O)C(C)=O.COC(=O)C(C)(OC)OC.COC(OC)OC.O=[P+]([O-])P(=O)(O)O.S.S.S.S.[C-]#[N+]C[C@@H]1CCCN(c2nc(OC[C@@H]3CCCN3C)nc3c2CCN(c2cccc4cccc(Cl)c24)C3)C1.[C-]#[N+]C[C@H]1CN(c2nc(OC[C@@H]3CCCN3C)nc3c2CCN(c2cccc4cccc(Cl)c24)C3)CCN1C(=O)C(=C)OC.[Na+].[OH-]. The molecule has 0 saturated carbocycles. The number of aliphatic carboxylic acids is 2. The molecule has 0 bridgehead atoms. The van der Waals surface area contributed by atoms with Crippen LogP contribution in [0.2, 0.25) is 10.0 Å². The van der Waals surface area contributed by atoms with Crippen molar-refractivity contribution in [3.05, 3.63) is 178 Å². The summed E-state index contributed by atoms with van der Waals surface area (Å²) in [4.78, 5) is 141. The van der Waals surface area contributed by atoms with E-state index in [1.54, 1.807) is 11.8 Å². The second-order valence-corrected chi connectivity index (χ2v) is 35.3. The summed E-state index contributed by atoms with van der Waals surface area (Å²) < 4.78 is 85.6. The zero-order valence-corrected chi connectivity index (χ0v) is 92.4. The third-order valence-electron chi connectivity index (χ3n) is 21.9. The van der Waals surface area contributed by atoms with Gasteiger partial charge >= 0.3 is 86.4 Å². The molecule has 6 aliphatic rings. The van der Waals surface area contributed by atoms with E-state index in [1.165, 1.54) is 104 Å². The van der Waals surface area contributed by atoms with E-state index in [2.05, 4.69) is 171 Å². The molecule has 1 amide bonds. The van der Waals surface area contributed by atoms with Gasteiger partial charge in [-0.1, -0.05) is 82.9 Å². The van der Waals surface area contributed by atoms with Gasteiger partial charge in [0.1, 0.15) is 30.9 Å². The van der Waals surface area contributed by atoms with Gasteiger partial charge in [-0.2, -0.15) is 73.9 Å². The van der Waals surface area contributed by atoms with E-state index in [0.717, 1.165) is 156 Å². The van der Waals surface area contributed by atoms with Crippen LogP contribution in [0, 0.1) is 19.1 Å². The Balaban J connectivity index is -0.00000176. The van der Waals surface area contributed by atoms with Crippen LogP contribution in [-0.4, -0.2) is 316 Å². The summed E-state index contributed by atoms with van der Waals surface area (Å²) in [7, 11) is 11.1. The number of methoxy groups -OCH3 is 11. The van der Waals surface area contributed by atoms with E-state index in [9.17, 15) is 47.6 Å². The maximum atomic E-state index is 13.0. The Morgan fingerprint density at radius 3 is 1.26 bits per heavy atom. The van der Waals surface area contributed by atoms with E-state index in [4.69, 9.17) is 100.0 Å². The zero-order valence-electron chi connectivity index (χ0n) is 83.1. The molecule has 0 aliphatic carbocycles. The van der Waals surface area contributed by atoms with Crippen LogP contribution in [0.15, 0.2) is 122 Å². The Morgan fingerprint density at radius 1 is 0.556 bits per heavy atom. The van der Waals surface area contributed by atoms with Crippen molar-refractivity contribution in [2.45, 2.75) is 116 Å². The van der Waals surface area contributed by atoms with Crippen molar-refractivity contribution >= 4 is 178 Å². The number of esters is 3. The van der Waals surface area contributed by atoms with E-state index >= 15 is 0 Å². The van der Waals surface area contributed by atoms with Crippen molar-refractivity contribution in [2.24, 2.45) is 5.92 Å². The van der Waals surface area contributed by atoms with E-state index in [1.807, 2.05) is 24.3 Å². The normalized spacial score (nSPS) is 15.8. The number of carbonyl (C=O) groups is 7. The minimum Gasteiger partial charge on any atom is -0.870 e. The van der Waals surface area contributed by atoms with E-state index in [0.29, 0.717) is 82.5 Å². The van der Waals surface area contributed by atoms with Gasteiger partial charge in [-0.3, -0.25) is 19.4 Å². The molecule has 6 aliphatic heterocycles. The van der Waals surface area contributed by atoms with Crippen LogP contribution >= 0.6 is 92.2 Å². The predicted octanol–water partition coefficient (Wildman–Crippen LogP) is 7.63. The molecule has 4 fully saturated rings. The summed E-state index contributed by atoms with van der Waals surface area (Å²) in [5.41, 5.74) is 6.49. The molecule has 4 saturated heterocycles. The number of nitrogens with zero attached hydrogens (tertiary/aromatic N) is 13. The van der Waals surface area contributed by atoms with Crippen molar-refractivity contribution in [1.29, 1.82) is 0 Å². The van der Waals surface area contributed by atoms with Gasteiger partial charge in [-0.25, -0.2) is 41.7 Å². The third kappa shape index (κ3) is 42.9. The fraction of sp³-hybridized carbons (Fsp3) is 0.505. The van der Waals surface area contributed by atoms with Gasteiger partial charge in [-0.05, 0) is 140 Å². The van der Waals surface area contributed by atoms with Crippen LogP contribution in [0.4, 0.5) is 23.0 Å². The minimum atomic E-state index is -4.78. The molecule has 142 heavy (non-hydrogen) atoms. The molecule has 8 heterocycles. The second-order valence-electron chi connectivity index (χ2n) is 30.5. The molecule has 5 N–H and O–H groups in total. The van der Waals surface area contributed by atoms with Gasteiger partial charge < -0.3 is 131 Å². The topological polar surface area (TPSA) is 500 Å². The number of anilines is 4. The molecule has 12 rings (SSSR count). The van der Waals surface area contributed by atoms with Gasteiger partial charge in [0.25, 0.3) is 18.2 Å². The number of piperazine rings is 1. The number of ketones is 1. The van der Waals surface area contributed by atoms with Crippen LogP contribution < -0.4 is 63.5 Å². The van der Waals surface area contributed by atoms with Gasteiger partial charge in [0, 0.05) is 146 Å². The first-order chi connectivity index (χ1) is 64.6. The molecule has 51 heteroatoms. The monoisotopic (exact) mass is 2160 g/mol. The number of halogens is 2. The molecule has 2 aromatic heterocycles. The maximum Gasteiger partial charge on any atom is 1.00 e. The summed E-state index contributed by atoms with van der Waals surface area (Å²) >= 11 is 13.4. The Hall–Kier alpha value is -9.14. The smallest absolute Gasteiger partial charge is 0.870 e. The number of carbonyl (C=O) groups excluding carboxylic acids is 5. The quantitative estimate of drug-likeness (QED) is 0.00403. The number of ether oxygens (including phenoxy) is 14. The fourth-order valence-corrected chi connectivity index (χ4v) is 14.9. The Kier molecular flexibility index (Phi) is 68.1. The number of likely N-dealkylation sites (N-methyl/N-ethyl adjacent to an activating group) is 2. The number of piperidine rings is 1. The van der Waals surface area contributed by atoms with Gasteiger partial charge in [-0.15, -0.1) is 0 Å². The number of carboxylic acid groups (broad SMARTS) is 2. The number of likely N-dealkylation sites (tertiary alicyclic amines) is 2. The van der Waals surface area contributed by atoms with Crippen LogP contribution in [-0.2, 0) is 125 Å². The van der Waals surface area contributed by atoms with Crippen LogP contribution in [0.1, 0.15) is 81.8 Å². The Bertz CT molecular complexity index is 5150. The summed E-state index contributed by atoms with van der Waals surface area (Å²) in [5.74, 6) is -4.32. The molecule has 42 nitrogen and oxygen atoms in total. The number of rotatable bonds is 29. The van der Waals surface area contributed by atoms with Crippen LogP contribution in [0.5, 0.6) is 12.0 Å². The zero-order chi connectivity index (χ0) is 102. The summed E-state index contributed by atoms with van der Waals surface area (Å²) in [6.45, 7) is 42.4. The van der Waals surface area contributed by atoms with Gasteiger partial charge in [0.2, 0.25) is 18.9 Å². The van der Waals surface area contributed by atoms with Crippen LogP contribution in [0.25, 0.3) is 31.2 Å². The molecule has 0 spiro atoms. The Labute approximate surface area is 890 Å². The van der Waals surface area contributed by atoms with Crippen molar-refractivity contribution < 1.29 is 169 Å². The van der Waals surface area contributed by atoms with Crippen molar-refractivity contribution in [2.75, 3.05) is 204 Å². The number of benzene rings is 4. The first kappa shape index (κ1) is 137. The summed E-state index contributed by atoms with van der Waals surface area (Å²) in [6.07, 6.45) is 8.40. The number of hydrogen-bond acceptors (Lipinski definition) is 35. The molecule has 786 valence electrons.